The standard InChI is InChI=1S/C12H20F3NO4/c1-2-18-7-8-19-10-3-5-16(6-4-10)11(17)20-9-12(13,14)15/h10H,2-9H2,1H3. The fourth-order valence-electron chi connectivity index (χ4n) is 1.86. The summed E-state index contributed by atoms with van der Waals surface area (Å²) in [4.78, 5) is 12.7. The van der Waals surface area contributed by atoms with Gasteiger partial charge in [0.15, 0.2) is 6.61 Å². The van der Waals surface area contributed by atoms with Gasteiger partial charge in [-0.1, -0.05) is 0 Å². The molecule has 0 aliphatic carbocycles. The Morgan fingerprint density at radius 3 is 2.45 bits per heavy atom. The number of amides is 1. The number of carbonyl (C=O) groups is 1. The van der Waals surface area contributed by atoms with Gasteiger partial charge in [-0.05, 0) is 19.8 Å². The number of alkyl halides is 3. The molecule has 0 N–H and O–H groups in total. The highest BCUT2D eigenvalue weighted by atomic mass is 19.4. The lowest BCUT2D eigenvalue weighted by Crippen LogP contribution is -2.42. The zero-order chi connectivity index (χ0) is 15.0. The molecule has 20 heavy (non-hydrogen) atoms. The van der Waals surface area contributed by atoms with Gasteiger partial charge in [0, 0.05) is 19.7 Å². The molecule has 1 aliphatic rings. The van der Waals surface area contributed by atoms with E-state index in [1.807, 2.05) is 6.92 Å². The molecule has 1 rings (SSSR count). The Morgan fingerprint density at radius 1 is 1.25 bits per heavy atom. The van der Waals surface area contributed by atoms with Crippen LogP contribution in [0.2, 0.25) is 0 Å². The van der Waals surface area contributed by atoms with E-state index >= 15 is 0 Å². The average Bonchev–Trinajstić information content (AvgIpc) is 2.41. The first-order valence-corrected chi connectivity index (χ1v) is 6.60. The SMILES string of the molecule is CCOCCOC1CCN(C(=O)OCC(F)(F)F)CC1. The minimum atomic E-state index is -4.49. The Kier molecular flexibility index (Phi) is 7.08. The summed E-state index contributed by atoms with van der Waals surface area (Å²) < 4.78 is 50.6. The van der Waals surface area contributed by atoms with E-state index in [-0.39, 0.29) is 6.10 Å². The molecule has 0 aromatic rings. The molecule has 0 bridgehead atoms. The van der Waals surface area contributed by atoms with E-state index in [1.165, 1.54) is 4.90 Å². The summed E-state index contributed by atoms with van der Waals surface area (Å²) in [7, 11) is 0. The third kappa shape index (κ3) is 6.95. The van der Waals surface area contributed by atoms with Gasteiger partial charge < -0.3 is 19.1 Å². The van der Waals surface area contributed by atoms with Crippen molar-refractivity contribution in [3.63, 3.8) is 0 Å². The molecule has 0 saturated carbocycles. The second-order valence-corrected chi connectivity index (χ2v) is 4.42. The minimum absolute atomic E-state index is 0.0159. The monoisotopic (exact) mass is 299 g/mol. The Hall–Kier alpha value is -1.02. The number of hydrogen-bond acceptors (Lipinski definition) is 4. The third-order valence-corrected chi connectivity index (χ3v) is 2.84. The van der Waals surface area contributed by atoms with E-state index in [2.05, 4.69) is 4.74 Å². The summed E-state index contributed by atoms with van der Waals surface area (Å²) in [5.74, 6) is 0. The molecule has 1 amide bonds. The van der Waals surface area contributed by atoms with E-state index in [9.17, 15) is 18.0 Å². The third-order valence-electron chi connectivity index (χ3n) is 2.84. The summed E-state index contributed by atoms with van der Waals surface area (Å²) >= 11 is 0. The van der Waals surface area contributed by atoms with Crippen LogP contribution in [0.5, 0.6) is 0 Å². The van der Waals surface area contributed by atoms with Crippen LogP contribution in [-0.4, -0.2) is 62.8 Å². The molecule has 0 aromatic heterocycles. The van der Waals surface area contributed by atoms with Crippen molar-refractivity contribution < 1.29 is 32.2 Å². The lowest BCUT2D eigenvalue weighted by molar-refractivity contribution is -0.163. The highest BCUT2D eigenvalue weighted by molar-refractivity contribution is 5.67. The van der Waals surface area contributed by atoms with Gasteiger partial charge in [0.1, 0.15) is 0 Å². The highest BCUT2D eigenvalue weighted by Crippen LogP contribution is 2.17. The minimum Gasteiger partial charge on any atom is -0.440 e. The van der Waals surface area contributed by atoms with Crippen molar-refractivity contribution in [3.05, 3.63) is 0 Å². The fraction of sp³-hybridized carbons (Fsp3) is 0.917. The molecule has 1 aliphatic heterocycles. The van der Waals surface area contributed by atoms with Crippen LogP contribution in [0.3, 0.4) is 0 Å². The molecule has 0 aromatic carbocycles. The second kappa shape index (κ2) is 8.31. The van der Waals surface area contributed by atoms with Crippen molar-refractivity contribution in [2.75, 3.05) is 39.5 Å². The van der Waals surface area contributed by atoms with E-state index in [4.69, 9.17) is 9.47 Å². The van der Waals surface area contributed by atoms with Crippen LogP contribution < -0.4 is 0 Å². The maximum atomic E-state index is 11.9. The van der Waals surface area contributed by atoms with Gasteiger partial charge in [-0.25, -0.2) is 4.79 Å². The Bertz CT molecular complexity index is 291. The highest BCUT2D eigenvalue weighted by Gasteiger charge is 2.31. The first-order chi connectivity index (χ1) is 9.42. The number of rotatable bonds is 6. The van der Waals surface area contributed by atoms with Gasteiger partial charge in [0.25, 0.3) is 0 Å². The lowest BCUT2D eigenvalue weighted by atomic mass is 10.1. The number of piperidine rings is 1. The summed E-state index contributed by atoms with van der Waals surface area (Å²) in [5.41, 5.74) is 0. The molecular weight excluding hydrogens is 279 g/mol. The van der Waals surface area contributed by atoms with Crippen molar-refractivity contribution in [3.8, 4) is 0 Å². The van der Waals surface area contributed by atoms with Crippen LogP contribution in [-0.2, 0) is 14.2 Å². The van der Waals surface area contributed by atoms with Gasteiger partial charge in [-0.15, -0.1) is 0 Å². The zero-order valence-electron chi connectivity index (χ0n) is 11.4. The van der Waals surface area contributed by atoms with Crippen molar-refractivity contribution in [1.29, 1.82) is 0 Å². The number of carbonyl (C=O) groups excluding carboxylic acids is 1. The number of ether oxygens (including phenoxy) is 3. The Balaban J connectivity index is 2.16. The summed E-state index contributed by atoms with van der Waals surface area (Å²) in [5, 5.41) is 0. The van der Waals surface area contributed by atoms with E-state index in [0.717, 1.165) is 0 Å². The molecule has 1 saturated heterocycles. The maximum absolute atomic E-state index is 11.9. The quantitative estimate of drug-likeness (QED) is 0.706. The summed E-state index contributed by atoms with van der Waals surface area (Å²) in [6.45, 7) is 2.67. The molecule has 1 heterocycles. The smallest absolute Gasteiger partial charge is 0.422 e. The second-order valence-electron chi connectivity index (χ2n) is 4.42. The molecule has 118 valence electrons. The maximum Gasteiger partial charge on any atom is 0.422 e. The van der Waals surface area contributed by atoms with E-state index in [1.54, 1.807) is 0 Å². The van der Waals surface area contributed by atoms with Crippen molar-refractivity contribution >= 4 is 6.09 Å². The van der Waals surface area contributed by atoms with Crippen LogP contribution in [0, 0.1) is 0 Å². The molecule has 0 spiro atoms. The fourth-order valence-corrected chi connectivity index (χ4v) is 1.86. The Morgan fingerprint density at radius 2 is 1.90 bits per heavy atom. The molecule has 0 radical (unpaired) electrons. The van der Waals surface area contributed by atoms with Crippen molar-refractivity contribution in [2.24, 2.45) is 0 Å². The van der Waals surface area contributed by atoms with Gasteiger partial charge >= 0.3 is 12.3 Å². The van der Waals surface area contributed by atoms with E-state index < -0.39 is 18.9 Å². The van der Waals surface area contributed by atoms with Gasteiger partial charge in [-0.3, -0.25) is 0 Å². The topological polar surface area (TPSA) is 48.0 Å². The van der Waals surface area contributed by atoms with Crippen LogP contribution in [0.15, 0.2) is 0 Å². The predicted molar refractivity (Wildman–Crippen MR) is 64.4 cm³/mol. The van der Waals surface area contributed by atoms with Crippen molar-refractivity contribution in [2.45, 2.75) is 32.0 Å². The average molecular weight is 299 g/mol. The first-order valence-electron chi connectivity index (χ1n) is 6.60. The molecule has 0 unspecified atom stereocenters. The molecule has 8 heteroatoms. The Labute approximate surface area is 116 Å². The number of halogens is 3. The number of hydrogen-bond donors (Lipinski definition) is 0. The summed E-state index contributed by atoms with van der Waals surface area (Å²) in [6, 6.07) is 0. The molecule has 0 atom stereocenters. The van der Waals surface area contributed by atoms with Gasteiger partial charge in [0.2, 0.25) is 0 Å². The van der Waals surface area contributed by atoms with E-state index in [0.29, 0.717) is 45.8 Å². The summed E-state index contributed by atoms with van der Waals surface area (Å²) in [6.07, 6.45) is -4.21. The normalized spacial score (nSPS) is 17.3. The molecule has 5 nitrogen and oxygen atoms in total. The van der Waals surface area contributed by atoms with Crippen molar-refractivity contribution in [1.82, 2.24) is 4.90 Å². The van der Waals surface area contributed by atoms with Crippen LogP contribution in [0.4, 0.5) is 18.0 Å². The van der Waals surface area contributed by atoms with Crippen LogP contribution in [0.1, 0.15) is 19.8 Å². The van der Waals surface area contributed by atoms with Crippen LogP contribution >= 0.6 is 0 Å². The van der Waals surface area contributed by atoms with Gasteiger partial charge in [-0.2, -0.15) is 13.2 Å². The number of likely N-dealkylation sites (tertiary alicyclic amines) is 1. The number of nitrogens with zero attached hydrogens (tertiary/aromatic N) is 1. The molecule has 1 fully saturated rings. The predicted octanol–water partition coefficient (Wildman–Crippen LogP) is 2.20. The lowest BCUT2D eigenvalue weighted by Gasteiger charge is -2.31. The van der Waals surface area contributed by atoms with Crippen LogP contribution in [0.25, 0.3) is 0 Å². The largest absolute Gasteiger partial charge is 0.440 e. The first kappa shape index (κ1) is 17.0. The van der Waals surface area contributed by atoms with Gasteiger partial charge in [0.05, 0.1) is 19.3 Å². The zero-order valence-corrected chi connectivity index (χ0v) is 11.4. The molecular formula is C12H20F3NO4.